The summed E-state index contributed by atoms with van der Waals surface area (Å²) in [5.74, 6) is -1.44. The Hall–Kier alpha value is -3.55. The number of hydrogen-bond donors (Lipinski definition) is 2. The van der Waals surface area contributed by atoms with Gasteiger partial charge in [-0.2, -0.15) is 0 Å². The molecule has 0 fully saturated rings. The molecule has 7 nitrogen and oxygen atoms in total. The van der Waals surface area contributed by atoms with Crippen molar-refractivity contribution in [3.05, 3.63) is 100 Å². The zero-order valence-electron chi connectivity index (χ0n) is 18.0. The highest BCUT2D eigenvalue weighted by atomic mass is 35.5. The fourth-order valence-corrected chi connectivity index (χ4v) is 3.18. The standard InChI is InChI=1S/C25H22Cl2N2O5/c26-20-12-11-19(13-21(20)27)28-25(32)29-22(24(31)34-16-18-9-5-2-6-10-18)14-23(30)33-15-17-7-3-1-4-8-17/h1-13,22H,14-16H2,(H2,28,29,32). The van der Waals surface area contributed by atoms with Gasteiger partial charge in [-0.25, -0.2) is 9.59 Å². The second-order valence-electron chi connectivity index (χ2n) is 7.22. The van der Waals surface area contributed by atoms with Crippen molar-refractivity contribution < 1.29 is 23.9 Å². The van der Waals surface area contributed by atoms with Crippen LogP contribution in [0.25, 0.3) is 0 Å². The third-order valence-corrected chi connectivity index (χ3v) is 5.34. The van der Waals surface area contributed by atoms with Crippen LogP contribution in [0.2, 0.25) is 10.0 Å². The Morgan fingerprint density at radius 1 is 0.765 bits per heavy atom. The van der Waals surface area contributed by atoms with Crippen molar-refractivity contribution in [1.82, 2.24) is 5.32 Å². The van der Waals surface area contributed by atoms with Gasteiger partial charge in [-0.15, -0.1) is 0 Å². The molecule has 3 aromatic carbocycles. The summed E-state index contributed by atoms with van der Waals surface area (Å²) < 4.78 is 10.6. The molecule has 1 atom stereocenters. The van der Waals surface area contributed by atoms with Crippen LogP contribution in [-0.2, 0) is 32.3 Å². The zero-order valence-corrected chi connectivity index (χ0v) is 19.5. The molecule has 9 heteroatoms. The number of anilines is 1. The first-order valence-electron chi connectivity index (χ1n) is 10.3. The molecule has 176 valence electrons. The van der Waals surface area contributed by atoms with Gasteiger partial charge in [-0.05, 0) is 29.3 Å². The van der Waals surface area contributed by atoms with E-state index in [2.05, 4.69) is 10.6 Å². The van der Waals surface area contributed by atoms with Gasteiger partial charge in [0.05, 0.1) is 16.5 Å². The second kappa shape index (κ2) is 12.6. The molecule has 0 aliphatic carbocycles. The average Bonchev–Trinajstić information content (AvgIpc) is 2.84. The lowest BCUT2D eigenvalue weighted by Gasteiger charge is -2.18. The highest BCUT2D eigenvalue weighted by Gasteiger charge is 2.26. The molecule has 0 bridgehead atoms. The lowest BCUT2D eigenvalue weighted by Crippen LogP contribution is -2.45. The van der Waals surface area contributed by atoms with Crippen molar-refractivity contribution in [2.45, 2.75) is 25.7 Å². The van der Waals surface area contributed by atoms with Gasteiger partial charge in [0.1, 0.15) is 19.3 Å². The van der Waals surface area contributed by atoms with Crippen LogP contribution in [0, 0.1) is 0 Å². The van der Waals surface area contributed by atoms with Crippen LogP contribution in [0.15, 0.2) is 78.9 Å². The predicted molar refractivity (Wildman–Crippen MR) is 129 cm³/mol. The quantitative estimate of drug-likeness (QED) is 0.385. The minimum atomic E-state index is -1.27. The molecule has 0 aliphatic heterocycles. The smallest absolute Gasteiger partial charge is 0.329 e. The molecule has 0 aliphatic rings. The summed E-state index contributed by atoms with van der Waals surface area (Å²) in [5.41, 5.74) is 1.92. The van der Waals surface area contributed by atoms with Crippen LogP contribution < -0.4 is 10.6 Å². The van der Waals surface area contributed by atoms with Gasteiger partial charge in [0, 0.05) is 5.69 Å². The second-order valence-corrected chi connectivity index (χ2v) is 8.04. The Morgan fingerprint density at radius 2 is 1.35 bits per heavy atom. The van der Waals surface area contributed by atoms with Gasteiger partial charge in [0.25, 0.3) is 0 Å². The average molecular weight is 501 g/mol. The first kappa shape index (κ1) is 25.1. The number of ether oxygens (including phenoxy) is 2. The molecular formula is C25H22Cl2N2O5. The van der Waals surface area contributed by atoms with Crippen LogP contribution in [0.4, 0.5) is 10.5 Å². The Balaban J connectivity index is 1.62. The summed E-state index contributed by atoms with van der Waals surface area (Å²) in [6, 6.07) is 20.7. The van der Waals surface area contributed by atoms with Crippen LogP contribution >= 0.6 is 23.2 Å². The lowest BCUT2D eigenvalue weighted by atomic mass is 10.2. The maximum Gasteiger partial charge on any atom is 0.329 e. The van der Waals surface area contributed by atoms with Crippen molar-refractivity contribution in [3.63, 3.8) is 0 Å². The molecule has 3 aromatic rings. The number of rotatable bonds is 9. The maximum atomic E-state index is 12.7. The van der Waals surface area contributed by atoms with E-state index in [1.807, 2.05) is 48.5 Å². The summed E-state index contributed by atoms with van der Waals surface area (Å²) in [5, 5.41) is 5.59. The molecule has 0 spiro atoms. The van der Waals surface area contributed by atoms with Crippen molar-refractivity contribution in [3.8, 4) is 0 Å². The summed E-state index contributed by atoms with van der Waals surface area (Å²) >= 11 is 11.9. The minimum Gasteiger partial charge on any atom is -0.461 e. The van der Waals surface area contributed by atoms with E-state index in [1.54, 1.807) is 18.2 Å². The highest BCUT2D eigenvalue weighted by molar-refractivity contribution is 6.42. The summed E-state index contributed by atoms with van der Waals surface area (Å²) in [4.78, 5) is 37.6. The first-order valence-corrected chi connectivity index (χ1v) is 11.1. The largest absolute Gasteiger partial charge is 0.461 e. The number of benzene rings is 3. The molecule has 0 aromatic heterocycles. The van der Waals surface area contributed by atoms with E-state index >= 15 is 0 Å². The van der Waals surface area contributed by atoms with E-state index < -0.39 is 30.4 Å². The van der Waals surface area contributed by atoms with Crippen LogP contribution in [0.3, 0.4) is 0 Å². The number of urea groups is 1. The first-order chi connectivity index (χ1) is 16.4. The molecule has 2 N–H and O–H groups in total. The fourth-order valence-electron chi connectivity index (χ4n) is 2.89. The molecule has 0 saturated carbocycles. The molecule has 34 heavy (non-hydrogen) atoms. The van der Waals surface area contributed by atoms with Crippen molar-refractivity contribution in [1.29, 1.82) is 0 Å². The number of esters is 2. The monoisotopic (exact) mass is 500 g/mol. The van der Waals surface area contributed by atoms with E-state index in [0.29, 0.717) is 10.7 Å². The van der Waals surface area contributed by atoms with Crippen LogP contribution in [0.5, 0.6) is 0 Å². The van der Waals surface area contributed by atoms with Gasteiger partial charge in [0.2, 0.25) is 0 Å². The lowest BCUT2D eigenvalue weighted by molar-refractivity contribution is -0.153. The van der Waals surface area contributed by atoms with Gasteiger partial charge < -0.3 is 20.1 Å². The number of halogens is 2. The third kappa shape index (κ3) is 8.10. The van der Waals surface area contributed by atoms with Crippen molar-refractivity contribution in [2.75, 3.05) is 5.32 Å². The van der Waals surface area contributed by atoms with Gasteiger partial charge >= 0.3 is 18.0 Å². The maximum absolute atomic E-state index is 12.7. The number of nitrogens with one attached hydrogen (secondary N) is 2. The topological polar surface area (TPSA) is 93.7 Å². The van der Waals surface area contributed by atoms with E-state index in [9.17, 15) is 14.4 Å². The molecule has 0 radical (unpaired) electrons. The minimum absolute atomic E-state index is 0.00860. The van der Waals surface area contributed by atoms with Crippen molar-refractivity contribution >= 4 is 46.9 Å². The van der Waals surface area contributed by atoms with Gasteiger partial charge in [-0.1, -0.05) is 83.9 Å². The molecule has 2 amide bonds. The highest BCUT2D eigenvalue weighted by Crippen LogP contribution is 2.25. The Bertz CT molecular complexity index is 1130. The Labute approximate surface area is 207 Å². The van der Waals surface area contributed by atoms with Gasteiger partial charge in [0.15, 0.2) is 0 Å². The molecule has 1 unspecified atom stereocenters. The zero-order chi connectivity index (χ0) is 24.3. The van der Waals surface area contributed by atoms with E-state index in [1.165, 1.54) is 12.1 Å². The summed E-state index contributed by atoms with van der Waals surface area (Å²) in [7, 11) is 0. The third-order valence-electron chi connectivity index (χ3n) is 4.60. The summed E-state index contributed by atoms with van der Waals surface area (Å²) in [6.45, 7) is 0.0340. The van der Waals surface area contributed by atoms with Crippen LogP contribution in [0.1, 0.15) is 17.5 Å². The van der Waals surface area contributed by atoms with Crippen LogP contribution in [-0.4, -0.2) is 24.0 Å². The normalized spacial score (nSPS) is 11.2. The van der Waals surface area contributed by atoms with E-state index in [0.717, 1.165) is 11.1 Å². The Morgan fingerprint density at radius 3 is 1.94 bits per heavy atom. The van der Waals surface area contributed by atoms with Gasteiger partial charge in [-0.3, -0.25) is 4.79 Å². The number of carbonyl (C=O) groups excluding carboxylic acids is 3. The number of hydrogen-bond acceptors (Lipinski definition) is 5. The van der Waals surface area contributed by atoms with E-state index in [-0.39, 0.29) is 18.2 Å². The number of amides is 2. The van der Waals surface area contributed by atoms with E-state index in [4.69, 9.17) is 32.7 Å². The molecule has 3 rings (SSSR count). The SMILES string of the molecule is O=C(Nc1ccc(Cl)c(Cl)c1)NC(CC(=O)OCc1ccccc1)C(=O)OCc1ccccc1. The predicted octanol–water partition coefficient (Wildman–Crippen LogP) is 5.36. The fraction of sp³-hybridized carbons (Fsp3) is 0.160. The molecular weight excluding hydrogens is 479 g/mol. The Kier molecular flexibility index (Phi) is 9.31. The molecule has 0 saturated heterocycles. The summed E-state index contributed by atoms with van der Waals surface area (Å²) in [6.07, 6.45) is -0.407. The van der Waals surface area contributed by atoms with Crippen molar-refractivity contribution in [2.24, 2.45) is 0 Å². The number of carbonyl (C=O) groups is 3. The molecule has 0 heterocycles.